The fourth-order valence-corrected chi connectivity index (χ4v) is 0.604. The molecule has 0 bridgehead atoms. The Balaban J connectivity index is 3.29. The highest BCUT2D eigenvalue weighted by atomic mass is 14.5. The highest BCUT2D eigenvalue weighted by Crippen LogP contribution is 2.12. The standard InChI is InChI=1S/C7H16N/c1-4-6(2)7(3)5-8/h6-8H,4-5H2,1-3H3. The minimum Gasteiger partial charge on any atom is -0.258 e. The van der Waals surface area contributed by atoms with Crippen molar-refractivity contribution in [2.24, 2.45) is 11.8 Å². The summed E-state index contributed by atoms with van der Waals surface area (Å²) in [5, 5.41) is 0. The van der Waals surface area contributed by atoms with E-state index in [0.29, 0.717) is 12.5 Å². The molecule has 1 nitrogen and oxygen atoms in total. The van der Waals surface area contributed by atoms with Gasteiger partial charge in [-0.15, -0.1) is 0 Å². The van der Waals surface area contributed by atoms with E-state index in [1.165, 1.54) is 6.42 Å². The Labute approximate surface area is 52.3 Å². The van der Waals surface area contributed by atoms with Crippen molar-refractivity contribution in [1.29, 1.82) is 0 Å². The number of hydrogen-bond acceptors (Lipinski definition) is 0. The third-order valence-electron chi connectivity index (χ3n) is 1.94. The van der Waals surface area contributed by atoms with E-state index >= 15 is 0 Å². The van der Waals surface area contributed by atoms with Gasteiger partial charge < -0.3 is 0 Å². The lowest BCUT2D eigenvalue weighted by atomic mass is 9.94. The van der Waals surface area contributed by atoms with Crippen LogP contribution in [-0.4, -0.2) is 6.54 Å². The summed E-state index contributed by atoms with van der Waals surface area (Å²) in [6, 6.07) is 0. The molecule has 0 aliphatic rings. The van der Waals surface area contributed by atoms with E-state index in [2.05, 4.69) is 20.8 Å². The van der Waals surface area contributed by atoms with E-state index in [-0.39, 0.29) is 0 Å². The number of rotatable bonds is 3. The second kappa shape index (κ2) is 3.90. The van der Waals surface area contributed by atoms with Gasteiger partial charge in [-0.1, -0.05) is 27.2 Å². The second-order valence-corrected chi connectivity index (χ2v) is 2.57. The van der Waals surface area contributed by atoms with Gasteiger partial charge in [0.25, 0.3) is 0 Å². The molecule has 0 rings (SSSR count). The van der Waals surface area contributed by atoms with E-state index in [0.717, 1.165) is 5.92 Å². The molecule has 2 atom stereocenters. The van der Waals surface area contributed by atoms with Crippen LogP contribution in [0.25, 0.3) is 0 Å². The van der Waals surface area contributed by atoms with Crippen molar-refractivity contribution < 1.29 is 0 Å². The summed E-state index contributed by atoms with van der Waals surface area (Å²) in [5.74, 6) is 1.31. The van der Waals surface area contributed by atoms with E-state index in [1.807, 2.05) is 0 Å². The van der Waals surface area contributed by atoms with Crippen LogP contribution in [-0.2, 0) is 0 Å². The van der Waals surface area contributed by atoms with Crippen molar-refractivity contribution in [3.63, 3.8) is 0 Å². The molecular formula is C7H16N. The molecule has 1 N–H and O–H groups in total. The van der Waals surface area contributed by atoms with Crippen molar-refractivity contribution in [2.75, 3.05) is 6.54 Å². The van der Waals surface area contributed by atoms with Gasteiger partial charge in [-0.05, 0) is 11.8 Å². The van der Waals surface area contributed by atoms with Crippen LogP contribution in [0.1, 0.15) is 27.2 Å². The Morgan fingerprint density at radius 2 is 1.75 bits per heavy atom. The highest BCUT2D eigenvalue weighted by molar-refractivity contribution is 4.58. The smallest absolute Gasteiger partial charge is 0.0128 e. The van der Waals surface area contributed by atoms with Gasteiger partial charge in [0.15, 0.2) is 0 Å². The molecular weight excluding hydrogens is 98.1 g/mol. The summed E-state index contributed by atoms with van der Waals surface area (Å²) in [7, 11) is 0. The molecule has 0 fully saturated rings. The monoisotopic (exact) mass is 114 g/mol. The third kappa shape index (κ3) is 2.31. The van der Waals surface area contributed by atoms with E-state index in [1.54, 1.807) is 0 Å². The van der Waals surface area contributed by atoms with E-state index in [9.17, 15) is 0 Å². The fourth-order valence-electron chi connectivity index (χ4n) is 0.604. The van der Waals surface area contributed by atoms with Crippen LogP contribution in [0.2, 0.25) is 0 Å². The summed E-state index contributed by atoms with van der Waals surface area (Å²) >= 11 is 0. The zero-order valence-corrected chi connectivity index (χ0v) is 6.07. The Kier molecular flexibility index (Phi) is 3.88. The molecule has 0 heterocycles. The van der Waals surface area contributed by atoms with Gasteiger partial charge >= 0.3 is 0 Å². The normalized spacial score (nSPS) is 18.0. The third-order valence-corrected chi connectivity index (χ3v) is 1.94. The SMILES string of the molecule is CCC(C)C(C)C[NH]. The average Bonchev–Trinajstić information content (AvgIpc) is 1.84. The molecule has 0 aliphatic heterocycles. The van der Waals surface area contributed by atoms with Crippen LogP contribution >= 0.6 is 0 Å². The first-order valence-electron chi connectivity index (χ1n) is 3.37. The van der Waals surface area contributed by atoms with Crippen LogP contribution in [0.15, 0.2) is 0 Å². The molecule has 0 amide bonds. The van der Waals surface area contributed by atoms with E-state index < -0.39 is 0 Å². The fraction of sp³-hybridized carbons (Fsp3) is 1.00. The zero-order chi connectivity index (χ0) is 6.57. The molecule has 1 heteroatoms. The maximum atomic E-state index is 7.04. The van der Waals surface area contributed by atoms with Crippen molar-refractivity contribution in [2.45, 2.75) is 27.2 Å². The predicted molar refractivity (Wildman–Crippen MR) is 36.6 cm³/mol. The summed E-state index contributed by atoms with van der Waals surface area (Å²) in [5.41, 5.74) is 7.04. The van der Waals surface area contributed by atoms with Crippen molar-refractivity contribution in [3.05, 3.63) is 0 Å². The molecule has 2 unspecified atom stereocenters. The van der Waals surface area contributed by atoms with Gasteiger partial charge in [0.1, 0.15) is 0 Å². The van der Waals surface area contributed by atoms with Gasteiger partial charge in [0, 0.05) is 6.54 Å². The topological polar surface area (TPSA) is 23.8 Å². The predicted octanol–water partition coefficient (Wildman–Crippen LogP) is 1.95. The van der Waals surface area contributed by atoms with Crippen LogP contribution < -0.4 is 5.73 Å². The van der Waals surface area contributed by atoms with Crippen molar-refractivity contribution >= 4 is 0 Å². The Morgan fingerprint density at radius 3 is 1.88 bits per heavy atom. The molecule has 1 radical (unpaired) electrons. The van der Waals surface area contributed by atoms with Crippen LogP contribution in [0.4, 0.5) is 0 Å². The van der Waals surface area contributed by atoms with Crippen LogP contribution in [0.3, 0.4) is 0 Å². The Bertz CT molecular complexity index is 44.3. The molecule has 8 heavy (non-hydrogen) atoms. The summed E-state index contributed by atoms with van der Waals surface area (Å²) in [4.78, 5) is 0. The minimum atomic E-state index is 0.578. The first-order valence-corrected chi connectivity index (χ1v) is 3.37. The van der Waals surface area contributed by atoms with Crippen molar-refractivity contribution in [3.8, 4) is 0 Å². The number of hydrogen-bond donors (Lipinski definition) is 0. The lowest BCUT2D eigenvalue weighted by Gasteiger charge is -2.14. The van der Waals surface area contributed by atoms with Crippen LogP contribution in [0, 0.1) is 11.8 Å². The molecule has 0 saturated carbocycles. The molecule has 0 aromatic rings. The lowest BCUT2D eigenvalue weighted by Crippen LogP contribution is -2.11. The molecule has 0 aromatic carbocycles. The molecule has 0 saturated heterocycles. The lowest BCUT2D eigenvalue weighted by molar-refractivity contribution is 0.382. The van der Waals surface area contributed by atoms with Crippen molar-refractivity contribution in [1.82, 2.24) is 5.73 Å². The number of nitrogens with one attached hydrogen (secondary N) is 1. The molecule has 49 valence electrons. The first-order chi connectivity index (χ1) is 3.72. The summed E-state index contributed by atoms with van der Waals surface area (Å²) in [6.45, 7) is 7.10. The van der Waals surface area contributed by atoms with Crippen LogP contribution in [0.5, 0.6) is 0 Å². The highest BCUT2D eigenvalue weighted by Gasteiger charge is 2.06. The summed E-state index contributed by atoms with van der Waals surface area (Å²) < 4.78 is 0. The average molecular weight is 114 g/mol. The van der Waals surface area contributed by atoms with Gasteiger partial charge in [0.2, 0.25) is 0 Å². The zero-order valence-electron chi connectivity index (χ0n) is 6.07. The van der Waals surface area contributed by atoms with Gasteiger partial charge in [-0.3, -0.25) is 5.73 Å². The molecule has 0 aromatic heterocycles. The summed E-state index contributed by atoms with van der Waals surface area (Å²) in [6.07, 6.45) is 1.21. The molecule has 0 spiro atoms. The Hall–Kier alpha value is -0.0400. The first kappa shape index (κ1) is 7.96. The maximum absolute atomic E-state index is 7.04. The molecule has 0 aliphatic carbocycles. The quantitative estimate of drug-likeness (QED) is 0.535. The minimum absolute atomic E-state index is 0.578. The van der Waals surface area contributed by atoms with Gasteiger partial charge in [-0.2, -0.15) is 0 Å². The maximum Gasteiger partial charge on any atom is 0.0128 e. The second-order valence-electron chi connectivity index (χ2n) is 2.57. The Morgan fingerprint density at radius 1 is 1.25 bits per heavy atom. The van der Waals surface area contributed by atoms with Gasteiger partial charge in [-0.25, -0.2) is 0 Å². The van der Waals surface area contributed by atoms with E-state index in [4.69, 9.17) is 5.73 Å². The van der Waals surface area contributed by atoms with Gasteiger partial charge in [0.05, 0.1) is 0 Å². The largest absolute Gasteiger partial charge is 0.258 e.